The first kappa shape index (κ1) is 9.74. The fraction of sp³-hybridized carbons (Fsp3) is 0.200. The number of phenols is 1. The highest BCUT2D eigenvalue weighted by Gasteiger charge is 1.98. The van der Waals surface area contributed by atoms with E-state index in [4.69, 9.17) is 10.8 Å². The summed E-state index contributed by atoms with van der Waals surface area (Å²) in [6.45, 7) is 0.580. The quantitative estimate of drug-likeness (QED) is 0.748. The zero-order valence-electron chi connectivity index (χ0n) is 7.20. The third-order valence-corrected chi connectivity index (χ3v) is 1.62. The summed E-state index contributed by atoms with van der Waals surface area (Å²) in [5, 5.41) is 8.90. The van der Waals surface area contributed by atoms with Crippen LogP contribution in [0.1, 0.15) is 12.0 Å². The summed E-state index contributed by atoms with van der Waals surface area (Å²) in [6, 6.07) is 4.26. The van der Waals surface area contributed by atoms with Crippen molar-refractivity contribution >= 4 is 6.08 Å². The van der Waals surface area contributed by atoms with Gasteiger partial charge >= 0.3 is 0 Å². The monoisotopic (exact) mass is 181 g/mol. The first-order chi connectivity index (χ1) is 6.24. The van der Waals surface area contributed by atoms with Gasteiger partial charge in [-0.25, -0.2) is 4.39 Å². The standard InChI is InChI=1S/C10H12FNO/c11-9-7-8(3-1-2-6-12)4-5-10(9)13/h1,3-5,7,13H,2,6,12H2. The summed E-state index contributed by atoms with van der Waals surface area (Å²) < 4.78 is 12.8. The Morgan fingerprint density at radius 3 is 2.85 bits per heavy atom. The molecule has 0 aliphatic carbocycles. The Morgan fingerprint density at radius 2 is 2.23 bits per heavy atom. The van der Waals surface area contributed by atoms with Crippen molar-refractivity contribution in [3.05, 3.63) is 35.7 Å². The smallest absolute Gasteiger partial charge is 0.165 e. The lowest BCUT2D eigenvalue weighted by atomic mass is 10.2. The van der Waals surface area contributed by atoms with Crippen LogP contribution in [0.15, 0.2) is 24.3 Å². The zero-order valence-corrected chi connectivity index (χ0v) is 7.20. The van der Waals surface area contributed by atoms with Crippen molar-refractivity contribution < 1.29 is 9.50 Å². The molecular weight excluding hydrogens is 169 g/mol. The van der Waals surface area contributed by atoms with Crippen molar-refractivity contribution in [1.29, 1.82) is 0 Å². The second kappa shape index (κ2) is 4.62. The molecule has 0 spiro atoms. The molecule has 70 valence electrons. The number of nitrogens with two attached hydrogens (primary N) is 1. The van der Waals surface area contributed by atoms with Crippen molar-refractivity contribution in [2.45, 2.75) is 6.42 Å². The Labute approximate surface area is 76.5 Å². The van der Waals surface area contributed by atoms with E-state index in [1.54, 1.807) is 12.1 Å². The molecule has 0 saturated heterocycles. The second-order valence-electron chi connectivity index (χ2n) is 2.69. The van der Waals surface area contributed by atoms with Gasteiger partial charge in [0.2, 0.25) is 0 Å². The molecule has 1 aromatic rings. The Hall–Kier alpha value is -1.35. The van der Waals surface area contributed by atoms with Gasteiger partial charge < -0.3 is 10.8 Å². The van der Waals surface area contributed by atoms with Crippen LogP contribution in [0.25, 0.3) is 6.08 Å². The van der Waals surface area contributed by atoms with Gasteiger partial charge in [0, 0.05) is 0 Å². The van der Waals surface area contributed by atoms with Crippen LogP contribution < -0.4 is 5.73 Å². The maximum atomic E-state index is 12.8. The van der Waals surface area contributed by atoms with Gasteiger partial charge in [-0.3, -0.25) is 0 Å². The van der Waals surface area contributed by atoms with Crippen LogP contribution in [0, 0.1) is 5.82 Å². The zero-order chi connectivity index (χ0) is 9.68. The van der Waals surface area contributed by atoms with E-state index in [1.807, 2.05) is 6.08 Å². The average molecular weight is 181 g/mol. The predicted molar refractivity (Wildman–Crippen MR) is 50.8 cm³/mol. The topological polar surface area (TPSA) is 46.2 Å². The highest BCUT2D eigenvalue weighted by molar-refractivity contribution is 5.50. The molecule has 0 saturated carbocycles. The van der Waals surface area contributed by atoms with Gasteiger partial charge in [-0.2, -0.15) is 0 Å². The summed E-state index contributed by atoms with van der Waals surface area (Å²) in [5.41, 5.74) is 6.01. The molecule has 13 heavy (non-hydrogen) atoms. The van der Waals surface area contributed by atoms with Crippen molar-refractivity contribution in [1.82, 2.24) is 0 Å². The van der Waals surface area contributed by atoms with Gasteiger partial charge in [0.05, 0.1) is 0 Å². The third-order valence-electron chi connectivity index (χ3n) is 1.62. The normalized spacial score (nSPS) is 10.9. The van der Waals surface area contributed by atoms with Crippen LogP contribution >= 0.6 is 0 Å². The van der Waals surface area contributed by atoms with E-state index in [2.05, 4.69) is 0 Å². The van der Waals surface area contributed by atoms with Gasteiger partial charge in [0.15, 0.2) is 11.6 Å². The minimum Gasteiger partial charge on any atom is -0.505 e. The van der Waals surface area contributed by atoms with Crippen molar-refractivity contribution in [3.8, 4) is 5.75 Å². The van der Waals surface area contributed by atoms with E-state index < -0.39 is 5.82 Å². The lowest BCUT2D eigenvalue weighted by Gasteiger charge is -1.96. The molecule has 3 heteroatoms. The molecule has 0 aliphatic rings. The fourth-order valence-corrected chi connectivity index (χ4v) is 0.942. The maximum absolute atomic E-state index is 12.8. The van der Waals surface area contributed by atoms with Gasteiger partial charge in [0.25, 0.3) is 0 Å². The van der Waals surface area contributed by atoms with Crippen molar-refractivity contribution in [2.75, 3.05) is 6.54 Å². The molecule has 0 amide bonds. The highest BCUT2D eigenvalue weighted by Crippen LogP contribution is 2.16. The van der Waals surface area contributed by atoms with Crippen molar-refractivity contribution in [2.24, 2.45) is 5.73 Å². The molecule has 0 aromatic heterocycles. The largest absolute Gasteiger partial charge is 0.505 e. The number of benzene rings is 1. The van der Waals surface area contributed by atoms with Gasteiger partial charge in [0.1, 0.15) is 0 Å². The fourth-order valence-electron chi connectivity index (χ4n) is 0.942. The van der Waals surface area contributed by atoms with E-state index in [9.17, 15) is 4.39 Å². The van der Waals surface area contributed by atoms with E-state index >= 15 is 0 Å². The summed E-state index contributed by atoms with van der Waals surface area (Å²) in [7, 11) is 0. The molecule has 0 aliphatic heterocycles. The summed E-state index contributed by atoms with van der Waals surface area (Å²) in [6.07, 6.45) is 4.41. The average Bonchev–Trinajstić information content (AvgIpc) is 2.12. The Balaban J connectivity index is 2.73. The van der Waals surface area contributed by atoms with Crippen LogP contribution in [0.5, 0.6) is 5.75 Å². The highest BCUT2D eigenvalue weighted by atomic mass is 19.1. The lowest BCUT2D eigenvalue weighted by molar-refractivity contribution is 0.432. The molecule has 2 nitrogen and oxygen atoms in total. The first-order valence-corrected chi connectivity index (χ1v) is 4.09. The summed E-state index contributed by atoms with van der Waals surface area (Å²) in [4.78, 5) is 0. The lowest BCUT2D eigenvalue weighted by Crippen LogP contribution is -1.94. The molecule has 0 fully saturated rings. The minimum absolute atomic E-state index is 0.323. The SMILES string of the molecule is NCCC=Cc1ccc(O)c(F)c1. The van der Waals surface area contributed by atoms with E-state index in [0.29, 0.717) is 6.54 Å². The van der Waals surface area contributed by atoms with E-state index in [-0.39, 0.29) is 5.75 Å². The minimum atomic E-state index is -0.602. The Bertz CT molecular complexity index is 310. The molecular formula is C10H12FNO. The van der Waals surface area contributed by atoms with Crippen LogP contribution in [-0.4, -0.2) is 11.7 Å². The van der Waals surface area contributed by atoms with Crippen LogP contribution in [0.4, 0.5) is 4.39 Å². The molecule has 1 aromatic carbocycles. The maximum Gasteiger partial charge on any atom is 0.165 e. The molecule has 1 rings (SSSR count). The van der Waals surface area contributed by atoms with E-state index in [0.717, 1.165) is 12.0 Å². The van der Waals surface area contributed by atoms with Gasteiger partial charge in [-0.05, 0) is 30.7 Å². The molecule has 0 unspecified atom stereocenters. The molecule has 0 heterocycles. The number of aromatic hydroxyl groups is 1. The Kier molecular flexibility index (Phi) is 3.46. The second-order valence-corrected chi connectivity index (χ2v) is 2.69. The van der Waals surface area contributed by atoms with Gasteiger partial charge in [-0.15, -0.1) is 0 Å². The number of rotatable bonds is 3. The number of hydrogen-bond donors (Lipinski definition) is 2. The number of hydrogen-bond acceptors (Lipinski definition) is 2. The number of phenolic OH excluding ortho intramolecular Hbond substituents is 1. The first-order valence-electron chi connectivity index (χ1n) is 4.09. The van der Waals surface area contributed by atoms with Gasteiger partial charge in [-0.1, -0.05) is 18.2 Å². The molecule has 0 bridgehead atoms. The molecule has 3 N–H and O–H groups in total. The van der Waals surface area contributed by atoms with Crippen molar-refractivity contribution in [3.63, 3.8) is 0 Å². The summed E-state index contributed by atoms with van der Waals surface area (Å²) in [5.74, 6) is -0.925. The molecule has 0 atom stereocenters. The Morgan fingerprint density at radius 1 is 1.46 bits per heavy atom. The van der Waals surface area contributed by atoms with Crippen LogP contribution in [0.3, 0.4) is 0 Å². The predicted octanol–water partition coefficient (Wildman–Crippen LogP) is 1.89. The van der Waals surface area contributed by atoms with Crippen LogP contribution in [0.2, 0.25) is 0 Å². The van der Waals surface area contributed by atoms with E-state index in [1.165, 1.54) is 12.1 Å². The number of halogens is 1. The van der Waals surface area contributed by atoms with Crippen LogP contribution in [-0.2, 0) is 0 Å². The molecule has 0 radical (unpaired) electrons. The third kappa shape index (κ3) is 2.87. The summed E-state index contributed by atoms with van der Waals surface area (Å²) >= 11 is 0.